The molecule has 0 atom stereocenters. The number of hydrogen-bond acceptors (Lipinski definition) is 6. The number of benzene rings is 1. The van der Waals surface area contributed by atoms with Crippen molar-refractivity contribution in [3.63, 3.8) is 0 Å². The minimum atomic E-state index is -0.510. The van der Waals surface area contributed by atoms with Gasteiger partial charge in [0.2, 0.25) is 0 Å². The maximum absolute atomic E-state index is 11.8. The van der Waals surface area contributed by atoms with E-state index in [4.69, 9.17) is 15.7 Å². The second-order valence-electron chi connectivity index (χ2n) is 7.57. The molecule has 1 aromatic carbocycles. The Morgan fingerprint density at radius 1 is 1.10 bits per heavy atom. The lowest BCUT2D eigenvalue weighted by atomic mass is 10.1. The predicted octanol–water partition coefficient (Wildman–Crippen LogP) is 3.25. The summed E-state index contributed by atoms with van der Waals surface area (Å²) < 4.78 is 1.68. The van der Waals surface area contributed by atoms with Crippen molar-refractivity contribution in [1.82, 2.24) is 19.4 Å². The van der Waals surface area contributed by atoms with Crippen LogP contribution in [0.1, 0.15) is 34.5 Å². The van der Waals surface area contributed by atoms with E-state index < -0.39 is 5.91 Å². The van der Waals surface area contributed by atoms with Gasteiger partial charge in [-0.25, -0.2) is 15.0 Å². The van der Waals surface area contributed by atoms with Crippen molar-refractivity contribution < 1.29 is 4.79 Å². The number of imidazole rings is 1. The van der Waals surface area contributed by atoms with Gasteiger partial charge in [0.1, 0.15) is 29.4 Å². The van der Waals surface area contributed by atoms with E-state index >= 15 is 0 Å². The molecular formula is C23H23N7O. The smallest absolute Gasteiger partial charge is 0.265 e. The third-order valence-corrected chi connectivity index (χ3v) is 5.49. The van der Waals surface area contributed by atoms with Gasteiger partial charge in [-0.1, -0.05) is 36.4 Å². The van der Waals surface area contributed by atoms with Crippen molar-refractivity contribution in [2.24, 2.45) is 5.73 Å². The SMILES string of the molecule is NC(=O)c1cccc2c(-c3nc4c(c(NCc5ccccc5)n3)CCCCN4)ncn12. The molecule has 3 aromatic heterocycles. The first kappa shape index (κ1) is 19.0. The highest BCUT2D eigenvalue weighted by Crippen LogP contribution is 2.30. The lowest BCUT2D eigenvalue weighted by Crippen LogP contribution is -2.15. The van der Waals surface area contributed by atoms with Crippen LogP contribution in [0, 0.1) is 0 Å². The van der Waals surface area contributed by atoms with Gasteiger partial charge in [0.25, 0.3) is 5.91 Å². The Kier molecular flexibility index (Phi) is 4.95. The molecule has 0 saturated carbocycles. The lowest BCUT2D eigenvalue weighted by molar-refractivity contribution is 0.0994. The molecule has 0 saturated heterocycles. The number of anilines is 2. The fourth-order valence-corrected chi connectivity index (χ4v) is 3.93. The van der Waals surface area contributed by atoms with E-state index in [0.717, 1.165) is 48.5 Å². The van der Waals surface area contributed by atoms with E-state index in [2.05, 4.69) is 27.8 Å². The Labute approximate surface area is 179 Å². The number of fused-ring (bicyclic) bond motifs is 2. The fourth-order valence-electron chi connectivity index (χ4n) is 3.93. The molecule has 1 aliphatic rings. The van der Waals surface area contributed by atoms with E-state index in [-0.39, 0.29) is 0 Å². The van der Waals surface area contributed by atoms with Crippen LogP contribution in [0.5, 0.6) is 0 Å². The van der Waals surface area contributed by atoms with Crippen molar-refractivity contribution in [3.05, 3.63) is 71.7 Å². The van der Waals surface area contributed by atoms with Gasteiger partial charge in [0.05, 0.1) is 5.52 Å². The molecule has 4 aromatic rings. The average Bonchev–Trinajstić information content (AvgIpc) is 3.08. The number of amides is 1. The van der Waals surface area contributed by atoms with Gasteiger partial charge in [-0.2, -0.15) is 0 Å². The number of nitrogens with two attached hydrogens (primary N) is 1. The third-order valence-electron chi connectivity index (χ3n) is 5.49. The minimum absolute atomic E-state index is 0.367. The first-order valence-electron chi connectivity index (χ1n) is 10.4. The molecule has 0 bridgehead atoms. The molecule has 0 fully saturated rings. The Morgan fingerprint density at radius 3 is 2.81 bits per heavy atom. The maximum Gasteiger partial charge on any atom is 0.265 e. The number of hydrogen-bond donors (Lipinski definition) is 3. The Hall–Kier alpha value is -3.94. The average molecular weight is 413 g/mol. The van der Waals surface area contributed by atoms with Crippen molar-refractivity contribution in [2.75, 3.05) is 17.2 Å². The summed E-state index contributed by atoms with van der Waals surface area (Å²) in [4.78, 5) is 26.0. The van der Waals surface area contributed by atoms with Crippen LogP contribution >= 0.6 is 0 Å². The highest BCUT2D eigenvalue weighted by atomic mass is 16.1. The standard InChI is InChI=1S/C23H23N7O/c24-20(31)18-11-6-10-17-19(27-14-30(17)18)23-28-21-16(9-4-5-12-25-21)22(29-23)26-13-15-7-2-1-3-8-15/h1-3,6-8,10-11,14H,4-5,9,12-13H2,(H2,24,31)(H2,25,26,28,29). The van der Waals surface area contributed by atoms with Crippen LogP contribution in [-0.4, -0.2) is 31.8 Å². The topological polar surface area (TPSA) is 110 Å². The van der Waals surface area contributed by atoms with Crippen LogP contribution in [-0.2, 0) is 13.0 Å². The van der Waals surface area contributed by atoms with E-state index in [1.54, 1.807) is 22.9 Å². The Balaban J connectivity index is 1.59. The first-order valence-corrected chi connectivity index (χ1v) is 10.4. The molecular weight excluding hydrogens is 390 g/mol. The van der Waals surface area contributed by atoms with Gasteiger partial charge in [0, 0.05) is 18.7 Å². The molecule has 5 rings (SSSR count). The quantitative estimate of drug-likeness (QED) is 0.463. The number of rotatable bonds is 5. The highest BCUT2D eigenvalue weighted by molar-refractivity contribution is 5.92. The molecule has 0 radical (unpaired) electrons. The largest absolute Gasteiger partial charge is 0.370 e. The van der Waals surface area contributed by atoms with Crippen LogP contribution in [0.2, 0.25) is 0 Å². The summed E-state index contributed by atoms with van der Waals surface area (Å²) in [7, 11) is 0. The first-order chi connectivity index (χ1) is 15.2. The summed E-state index contributed by atoms with van der Waals surface area (Å²) in [5.74, 6) is 1.65. The second kappa shape index (κ2) is 8.06. The molecule has 1 amide bonds. The van der Waals surface area contributed by atoms with Crippen LogP contribution in [0.3, 0.4) is 0 Å². The summed E-state index contributed by atoms with van der Waals surface area (Å²) >= 11 is 0. The normalized spacial score (nSPS) is 13.3. The maximum atomic E-state index is 11.8. The van der Waals surface area contributed by atoms with Crippen molar-refractivity contribution in [1.29, 1.82) is 0 Å². The number of carbonyl (C=O) groups excluding carboxylic acids is 1. The van der Waals surface area contributed by atoms with E-state index in [0.29, 0.717) is 23.8 Å². The zero-order chi connectivity index (χ0) is 21.2. The number of pyridine rings is 1. The van der Waals surface area contributed by atoms with Crippen LogP contribution in [0.25, 0.3) is 17.0 Å². The predicted molar refractivity (Wildman–Crippen MR) is 120 cm³/mol. The Bertz CT molecular complexity index is 1250. The molecule has 31 heavy (non-hydrogen) atoms. The number of aromatic nitrogens is 4. The van der Waals surface area contributed by atoms with Gasteiger partial charge in [-0.3, -0.25) is 9.20 Å². The summed E-state index contributed by atoms with van der Waals surface area (Å²) in [6.45, 7) is 1.54. The fraction of sp³-hybridized carbons (Fsp3) is 0.217. The minimum Gasteiger partial charge on any atom is -0.370 e. The highest BCUT2D eigenvalue weighted by Gasteiger charge is 2.20. The summed E-state index contributed by atoms with van der Waals surface area (Å²) in [5, 5.41) is 6.94. The molecule has 8 nitrogen and oxygen atoms in total. The zero-order valence-corrected chi connectivity index (χ0v) is 17.0. The van der Waals surface area contributed by atoms with E-state index in [1.807, 2.05) is 24.3 Å². The van der Waals surface area contributed by atoms with Gasteiger partial charge < -0.3 is 16.4 Å². The molecule has 8 heteroatoms. The van der Waals surface area contributed by atoms with Gasteiger partial charge in [0.15, 0.2) is 5.82 Å². The lowest BCUT2D eigenvalue weighted by Gasteiger charge is -2.15. The van der Waals surface area contributed by atoms with E-state index in [1.165, 1.54) is 5.56 Å². The molecule has 156 valence electrons. The van der Waals surface area contributed by atoms with Crippen LogP contribution < -0.4 is 16.4 Å². The van der Waals surface area contributed by atoms with Crippen molar-refractivity contribution >= 4 is 23.1 Å². The number of primary amides is 1. The molecule has 0 unspecified atom stereocenters. The molecule has 0 spiro atoms. The zero-order valence-electron chi connectivity index (χ0n) is 17.0. The number of nitrogens with zero attached hydrogens (tertiary/aromatic N) is 4. The van der Waals surface area contributed by atoms with Crippen LogP contribution in [0.4, 0.5) is 11.6 Å². The van der Waals surface area contributed by atoms with Gasteiger partial charge in [-0.15, -0.1) is 0 Å². The van der Waals surface area contributed by atoms with E-state index in [9.17, 15) is 4.79 Å². The number of nitrogens with one attached hydrogen (secondary N) is 2. The second-order valence-corrected chi connectivity index (χ2v) is 7.57. The third kappa shape index (κ3) is 3.68. The van der Waals surface area contributed by atoms with Crippen LogP contribution in [0.15, 0.2) is 54.9 Å². The van der Waals surface area contributed by atoms with Crippen molar-refractivity contribution in [3.8, 4) is 11.5 Å². The Morgan fingerprint density at radius 2 is 1.97 bits per heavy atom. The molecule has 4 heterocycles. The molecule has 0 aliphatic carbocycles. The molecule has 4 N–H and O–H groups in total. The molecule has 1 aliphatic heterocycles. The van der Waals surface area contributed by atoms with Gasteiger partial charge >= 0.3 is 0 Å². The van der Waals surface area contributed by atoms with Gasteiger partial charge in [-0.05, 0) is 37.0 Å². The monoisotopic (exact) mass is 413 g/mol. The number of carbonyl (C=O) groups is 1. The summed E-state index contributed by atoms with van der Waals surface area (Å²) in [6, 6.07) is 15.6. The summed E-state index contributed by atoms with van der Waals surface area (Å²) in [6.07, 6.45) is 4.66. The summed E-state index contributed by atoms with van der Waals surface area (Å²) in [5.41, 5.74) is 9.50. The van der Waals surface area contributed by atoms with Crippen molar-refractivity contribution in [2.45, 2.75) is 25.8 Å².